The van der Waals surface area contributed by atoms with E-state index in [4.69, 9.17) is 14.6 Å². The number of carboxylic acids is 1. The molecule has 0 spiro atoms. The highest BCUT2D eigenvalue weighted by Crippen LogP contribution is 2.29. The van der Waals surface area contributed by atoms with Gasteiger partial charge in [0, 0.05) is 6.61 Å². The smallest absolute Gasteiger partial charge is 0.309 e. The minimum absolute atomic E-state index is 0.259. The van der Waals surface area contributed by atoms with E-state index in [9.17, 15) is 9.59 Å². The van der Waals surface area contributed by atoms with Gasteiger partial charge >= 0.3 is 11.9 Å². The van der Waals surface area contributed by atoms with Gasteiger partial charge in [-0.2, -0.15) is 0 Å². The molecule has 0 aliphatic heterocycles. The monoisotopic (exact) mass is 300 g/mol. The molecule has 1 fully saturated rings. The zero-order chi connectivity index (χ0) is 15.7. The van der Waals surface area contributed by atoms with Crippen LogP contribution in [-0.4, -0.2) is 36.9 Å². The van der Waals surface area contributed by atoms with Crippen molar-refractivity contribution in [2.45, 2.75) is 52.4 Å². The Morgan fingerprint density at radius 2 is 1.86 bits per heavy atom. The molecule has 21 heavy (non-hydrogen) atoms. The Balaban J connectivity index is 2.09. The van der Waals surface area contributed by atoms with Gasteiger partial charge in [-0.15, -0.1) is 0 Å². The van der Waals surface area contributed by atoms with Crippen LogP contribution in [-0.2, 0) is 19.1 Å². The number of carbonyl (C=O) groups excluding carboxylic acids is 1. The molecule has 1 rings (SSSR count). The first-order valence-electron chi connectivity index (χ1n) is 7.98. The van der Waals surface area contributed by atoms with Gasteiger partial charge in [0.2, 0.25) is 0 Å². The molecule has 2 atom stereocenters. The molecule has 1 aliphatic rings. The Labute approximate surface area is 127 Å². The number of hydrogen-bond donors (Lipinski definition) is 1. The summed E-state index contributed by atoms with van der Waals surface area (Å²) in [6.07, 6.45) is 4.74. The fourth-order valence-electron chi connectivity index (χ4n) is 2.64. The molecular formula is C16H28O5. The van der Waals surface area contributed by atoms with Crippen molar-refractivity contribution in [1.82, 2.24) is 0 Å². The van der Waals surface area contributed by atoms with Crippen molar-refractivity contribution >= 4 is 11.9 Å². The van der Waals surface area contributed by atoms with E-state index < -0.39 is 11.9 Å². The predicted octanol–water partition coefficient (Wildman–Crippen LogP) is 2.87. The van der Waals surface area contributed by atoms with E-state index in [1.165, 1.54) is 0 Å². The Morgan fingerprint density at radius 1 is 1.14 bits per heavy atom. The summed E-state index contributed by atoms with van der Waals surface area (Å²) in [5.41, 5.74) is 0. The van der Waals surface area contributed by atoms with Crippen molar-refractivity contribution in [2.24, 2.45) is 17.8 Å². The van der Waals surface area contributed by atoms with Gasteiger partial charge in [0.15, 0.2) is 0 Å². The third-order valence-corrected chi connectivity index (χ3v) is 3.90. The number of ether oxygens (including phenoxy) is 2. The van der Waals surface area contributed by atoms with Crippen LogP contribution in [0.5, 0.6) is 0 Å². The van der Waals surface area contributed by atoms with Gasteiger partial charge in [0.1, 0.15) is 6.61 Å². The fourth-order valence-corrected chi connectivity index (χ4v) is 2.64. The molecule has 122 valence electrons. The summed E-state index contributed by atoms with van der Waals surface area (Å²) in [5, 5.41) is 9.00. The Bertz CT molecular complexity index is 327. The lowest BCUT2D eigenvalue weighted by molar-refractivity contribution is -0.153. The summed E-state index contributed by atoms with van der Waals surface area (Å²) in [6.45, 7) is 5.72. The molecule has 2 unspecified atom stereocenters. The molecule has 0 aromatic rings. The maximum absolute atomic E-state index is 11.9. The summed E-state index contributed by atoms with van der Waals surface area (Å²) >= 11 is 0. The van der Waals surface area contributed by atoms with Gasteiger partial charge in [0.25, 0.3) is 0 Å². The van der Waals surface area contributed by atoms with Crippen molar-refractivity contribution in [3.8, 4) is 0 Å². The van der Waals surface area contributed by atoms with E-state index in [0.29, 0.717) is 32.0 Å². The average Bonchev–Trinajstić information content (AvgIpc) is 2.45. The molecular weight excluding hydrogens is 272 g/mol. The van der Waals surface area contributed by atoms with E-state index >= 15 is 0 Å². The van der Waals surface area contributed by atoms with Crippen LogP contribution in [0.4, 0.5) is 0 Å². The summed E-state index contributed by atoms with van der Waals surface area (Å²) < 4.78 is 10.6. The van der Waals surface area contributed by atoms with Crippen LogP contribution >= 0.6 is 0 Å². The number of aliphatic carboxylic acids is 1. The van der Waals surface area contributed by atoms with Gasteiger partial charge in [0.05, 0.1) is 18.4 Å². The fraction of sp³-hybridized carbons (Fsp3) is 0.875. The first kappa shape index (κ1) is 18.0. The van der Waals surface area contributed by atoms with Crippen molar-refractivity contribution in [2.75, 3.05) is 19.8 Å². The normalized spacial score (nSPS) is 22.2. The molecule has 5 heteroatoms. The molecule has 0 heterocycles. The van der Waals surface area contributed by atoms with Crippen molar-refractivity contribution in [1.29, 1.82) is 0 Å². The maximum Gasteiger partial charge on any atom is 0.309 e. The first-order chi connectivity index (χ1) is 10.0. The van der Waals surface area contributed by atoms with Gasteiger partial charge in [-0.1, -0.05) is 20.3 Å². The van der Waals surface area contributed by atoms with E-state index in [1.807, 2.05) is 0 Å². The Kier molecular flexibility index (Phi) is 8.35. The Morgan fingerprint density at radius 3 is 2.52 bits per heavy atom. The van der Waals surface area contributed by atoms with Gasteiger partial charge < -0.3 is 14.6 Å². The summed E-state index contributed by atoms with van der Waals surface area (Å²) in [4.78, 5) is 22.8. The second-order valence-electron chi connectivity index (χ2n) is 6.21. The number of rotatable bonds is 9. The lowest BCUT2D eigenvalue weighted by Crippen LogP contribution is -2.29. The standard InChI is InChI=1S/C16H28O5/c1-12(2)5-4-8-20-9-10-21-16(19)14-7-3-6-13(11-14)15(17)18/h12-14H,3-11H2,1-2H3,(H,17,18). The maximum atomic E-state index is 11.9. The summed E-state index contributed by atoms with van der Waals surface area (Å²) in [5.74, 6) is -1.06. The van der Waals surface area contributed by atoms with Crippen LogP contribution < -0.4 is 0 Å². The SMILES string of the molecule is CC(C)CCCOCCOC(=O)C1CCCC(C(=O)O)C1. The summed E-state index contributed by atoms with van der Waals surface area (Å²) in [6, 6.07) is 0. The molecule has 0 aromatic carbocycles. The minimum atomic E-state index is -0.805. The highest BCUT2D eigenvalue weighted by atomic mass is 16.6. The third-order valence-electron chi connectivity index (χ3n) is 3.90. The molecule has 0 aromatic heterocycles. The number of hydrogen-bond acceptors (Lipinski definition) is 4. The van der Waals surface area contributed by atoms with Gasteiger partial charge in [-0.3, -0.25) is 9.59 Å². The molecule has 0 saturated heterocycles. The molecule has 0 bridgehead atoms. The molecule has 1 saturated carbocycles. The second-order valence-corrected chi connectivity index (χ2v) is 6.21. The van der Waals surface area contributed by atoms with E-state index in [0.717, 1.165) is 25.7 Å². The topological polar surface area (TPSA) is 72.8 Å². The van der Waals surface area contributed by atoms with Crippen LogP contribution in [0.15, 0.2) is 0 Å². The highest BCUT2D eigenvalue weighted by molar-refractivity contribution is 5.75. The molecule has 1 aliphatic carbocycles. The molecule has 1 N–H and O–H groups in total. The lowest BCUT2D eigenvalue weighted by Gasteiger charge is -2.24. The average molecular weight is 300 g/mol. The van der Waals surface area contributed by atoms with Crippen LogP contribution in [0.3, 0.4) is 0 Å². The van der Waals surface area contributed by atoms with Crippen LogP contribution in [0.25, 0.3) is 0 Å². The van der Waals surface area contributed by atoms with Gasteiger partial charge in [-0.05, 0) is 38.0 Å². The van der Waals surface area contributed by atoms with Crippen molar-refractivity contribution in [3.05, 3.63) is 0 Å². The number of esters is 1. The largest absolute Gasteiger partial charge is 0.481 e. The quantitative estimate of drug-likeness (QED) is 0.523. The molecule has 0 amide bonds. The Hall–Kier alpha value is -1.10. The number of carboxylic acid groups (broad SMARTS) is 1. The lowest BCUT2D eigenvalue weighted by atomic mass is 9.81. The van der Waals surface area contributed by atoms with E-state index in [-0.39, 0.29) is 18.5 Å². The zero-order valence-electron chi connectivity index (χ0n) is 13.2. The second kappa shape index (κ2) is 9.77. The molecule has 5 nitrogen and oxygen atoms in total. The predicted molar refractivity (Wildman–Crippen MR) is 78.9 cm³/mol. The van der Waals surface area contributed by atoms with E-state index in [1.54, 1.807) is 0 Å². The van der Waals surface area contributed by atoms with Crippen LogP contribution in [0.1, 0.15) is 52.4 Å². The van der Waals surface area contributed by atoms with Crippen LogP contribution in [0, 0.1) is 17.8 Å². The molecule has 0 radical (unpaired) electrons. The minimum Gasteiger partial charge on any atom is -0.481 e. The zero-order valence-corrected chi connectivity index (χ0v) is 13.2. The third kappa shape index (κ3) is 7.46. The van der Waals surface area contributed by atoms with Gasteiger partial charge in [-0.25, -0.2) is 0 Å². The van der Waals surface area contributed by atoms with Crippen molar-refractivity contribution in [3.63, 3.8) is 0 Å². The van der Waals surface area contributed by atoms with E-state index in [2.05, 4.69) is 13.8 Å². The summed E-state index contributed by atoms with van der Waals surface area (Å²) in [7, 11) is 0. The number of carbonyl (C=O) groups is 2. The highest BCUT2D eigenvalue weighted by Gasteiger charge is 2.31. The van der Waals surface area contributed by atoms with Crippen LogP contribution in [0.2, 0.25) is 0 Å². The first-order valence-corrected chi connectivity index (χ1v) is 7.98. The van der Waals surface area contributed by atoms with Crippen molar-refractivity contribution < 1.29 is 24.2 Å².